The van der Waals surface area contributed by atoms with Gasteiger partial charge in [0.2, 0.25) is 6.17 Å². The van der Waals surface area contributed by atoms with Crippen molar-refractivity contribution >= 4 is 11.7 Å². The van der Waals surface area contributed by atoms with Crippen LogP contribution in [-0.4, -0.2) is 47.0 Å². The lowest BCUT2D eigenvalue weighted by Gasteiger charge is -2.41. The van der Waals surface area contributed by atoms with E-state index in [-0.39, 0.29) is 23.6 Å². The van der Waals surface area contributed by atoms with Gasteiger partial charge in [0.1, 0.15) is 5.84 Å². The number of nitrogens with zero attached hydrogens (tertiary/aromatic N) is 3. The normalized spacial score (nSPS) is 32.7. The van der Waals surface area contributed by atoms with Crippen LogP contribution in [0.15, 0.2) is 16.5 Å². The minimum Gasteiger partial charge on any atom is -0.376 e. The molecule has 6 nitrogen and oxygen atoms in total. The Morgan fingerprint density at radius 3 is 2.74 bits per heavy atom. The van der Waals surface area contributed by atoms with Gasteiger partial charge >= 0.3 is 0 Å². The third kappa shape index (κ3) is 2.35. The molecule has 0 aromatic heterocycles. The molecule has 0 aromatic rings. The summed E-state index contributed by atoms with van der Waals surface area (Å²) in [5.74, 6) is 1.12. The highest BCUT2D eigenvalue weighted by Gasteiger charge is 2.53. The summed E-state index contributed by atoms with van der Waals surface area (Å²) in [6.07, 6.45) is 5.44. The number of fused-ring (bicyclic) bond motifs is 1. The Morgan fingerprint density at radius 1 is 1.30 bits per heavy atom. The molecule has 2 atom stereocenters. The molecule has 1 saturated carbocycles. The zero-order valence-corrected chi connectivity index (χ0v) is 14.3. The average molecular weight is 318 g/mol. The maximum atomic E-state index is 13.0. The molecule has 1 aliphatic carbocycles. The van der Waals surface area contributed by atoms with E-state index in [1.807, 2.05) is 11.8 Å². The number of amides is 1. The first-order valence-electron chi connectivity index (χ1n) is 8.75. The first-order chi connectivity index (χ1) is 11.0. The van der Waals surface area contributed by atoms with E-state index < -0.39 is 0 Å². The Morgan fingerprint density at radius 2 is 2.09 bits per heavy atom. The molecule has 2 fully saturated rings. The molecule has 4 aliphatic rings. The SMILES string of the molecule is CC1=C(C)N2C(C3(C)CC3)=NNC2C(=O)N1C[C@@H]1CCCCO1. The van der Waals surface area contributed by atoms with Crippen molar-refractivity contribution in [3.8, 4) is 0 Å². The Bertz CT molecular complexity index is 587. The fourth-order valence-corrected chi connectivity index (χ4v) is 3.78. The van der Waals surface area contributed by atoms with E-state index in [0.717, 1.165) is 49.5 Å². The molecular weight excluding hydrogens is 292 g/mol. The van der Waals surface area contributed by atoms with Crippen molar-refractivity contribution in [2.45, 2.75) is 65.1 Å². The van der Waals surface area contributed by atoms with Gasteiger partial charge < -0.3 is 9.64 Å². The van der Waals surface area contributed by atoms with Crippen LogP contribution >= 0.6 is 0 Å². The van der Waals surface area contributed by atoms with E-state index in [1.165, 1.54) is 6.42 Å². The van der Waals surface area contributed by atoms with Gasteiger partial charge in [0.05, 0.1) is 12.6 Å². The van der Waals surface area contributed by atoms with Crippen LogP contribution in [0.2, 0.25) is 0 Å². The van der Waals surface area contributed by atoms with Gasteiger partial charge in [0.15, 0.2) is 0 Å². The molecule has 1 amide bonds. The second kappa shape index (κ2) is 5.23. The molecule has 3 heterocycles. The number of amidine groups is 1. The summed E-state index contributed by atoms with van der Waals surface area (Å²) < 4.78 is 5.83. The van der Waals surface area contributed by atoms with Gasteiger partial charge in [0, 0.05) is 23.4 Å². The van der Waals surface area contributed by atoms with Crippen molar-refractivity contribution in [1.82, 2.24) is 15.2 Å². The molecule has 0 bridgehead atoms. The zero-order chi connectivity index (χ0) is 16.2. The predicted molar refractivity (Wildman–Crippen MR) is 87.2 cm³/mol. The quantitative estimate of drug-likeness (QED) is 0.865. The van der Waals surface area contributed by atoms with E-state index >= 15 is 0 Å². The van der Waals surface area contributed by atoms with Crippen molar-refractivity contribution in [3.05, 3.63) is 11.4 Å². The summed E-state index contributed by atoms with van der Waals surface area (Å²) in [5.41, 5.74) is 5.36. The minimum atomic E-state index is -0.380. The molecular formula is C17H26N4O2. The molecule has 1 N–H and O–H groups in total. The van der Waals surface area contributed by atoms with E-state index in [0.29, 0.717) is 6.54 Å². The van der Waals surface area contributed by atoms with Gasteiger partial charge in [-0.05, 0) is 46.0 Å². The molecule has 1 unspecified atom stereocenters. The molecule has 6 heteroatoms. The number of hydrogen-bond donors (Lipinski definition) is 1. The van der Waals surface area contributed by atoms with Crippen molar-refractivity contribution in [2.75, 3.05) is 13.2 Å². The van der Waals surface area contributed by atoms with Gasteiger partial charge in [-0.2, -0.15) is 5.10 Å². The Hall–Kier alpha value is -1.56. The van der Waals surface area contributed by atoms with Crippen LogP contribution in [0.3, 0.4) is 0 Å². The molecule has 0 aromatic carbocycles. The average Bonchev–Trinajstić information content (AvgIpc) is 3.13. The summed E-state index contributed by atoms with van der Waals surface area (Å²) in [7, 11) is 0. The number of hydrazone groups is 1. The lowest BCUT2D eigenvalue weighted by molar-refractivity contribution is -0.137. The van der Waals surface area contributed by atoms with Gasteiger partial charge in [0.25, 0.3) is 5.91 Å². The highest BCUT2D eigenvalue weighted by molar-refractivity contribution is 5.99. The van der Waals surface area contributed by atoms with Crippen molar-refractivity contribution in [1.29, 1.82) is 0 Å². The van der Waals surface area contributed by atoms with E-state index in [4.69, 9.17) is 4.74 Å². The van der Waals surface area contributed by atoms with Crippen LogP contribution in [0.5, 0.6) is 0 Å². The number of nitrogens with one attached hydrogen (secondary N) is 1. The van der Waals surface area contributed by atoms with Gasteiger partial charge in [-0.25, -0.2) is 0 Å². The number of rotatable bonds is 3. The second-order valence-electron chi connectivity index (χ2n) is 7.51. The monoisotopic (exact) mass is 318 g/mol. The van der Waals surface area contributed by atoms with Gasteiger partial charge in [-0.3, -0.25) is 15.1 Å². The molecule has 0 spiro atoms. The van der Waals surface area contributed by atoms with Gasteiger partial charge in [-0.1, -0.05) is 6.92 Å². The van der Waals surface area contributed by atoms with Crippen LogP contribution in [0, 0.1) is 5.41 Å². The van der Waals surface area contributed by atoms with Crippen LogP contribution in [0.25, 0.3) is 0 Å². The standard InChI is InChI=1S/C17H26N4O2/c1-11-12(2)21-14(18-19-16(21)17(3)7-8-17)15(22)20(11)10-13-6-4-5-9-23-13/h13-14,18H,4-10H2,1-3H3/t13-,14?/m0/s1. The molecule has 0 radical (unpaired) electrons. The molecule has 126 valence electrons. The molecule has 1 saturated heterocycles. The summed E-state index contributed by atoms with van der Waals surface area (Å²) in [4.78, 5) is 17.0. The van der Waals surface area contributed by atoms with E-state index in [9.17, 15) is 4.79 Å². The Labute approximate surface area is 137 Å². The van der Waals surface area contributed by atoms with Crippen molar-refractivity contribution in [2.24, 2.45) is 10.5 Å². The number of carbonyl (C=O) groups is 1. The zero-order valence-electron chi connectivity index (χ0n) is 14.3. The predicted octanol–water partition coefficient (Wildman–Crippen LogP) is 1.99. The fraction of sp³-hybridized carbons (Fsp3) is 0.765. The lowest BCUT2D eigenvalue weighted by Crippen LogP contribution is -2.57. The second-order valence-corrected chi connectivity index (χ2v) is 7.51. The maximum absolute atomic E-state index is 13.0. The first-order valence-corrected chi connectivity index (χ1v) is 8.75. The fourth-order valence-electron chi connectivity index (χ4n) is 3.78. The first kappa shape index (κ1) is 15.0. The largest absolute Gasteiger partial charge is 0.376 e. The lowest BCUT2D eigenvalue weighted by atomic mass is 10.0. The summed E-state index contributed by atoms with van der Waals surface area (Å²) in [6, 6.07) is 0. The van der Waals surface area contributed by atoms with Crippen LogP contribution in [0.4, 0.5) is 0 Å². The minimum absolute atomic E-state index is 0.0882. The maximum Gasteiger partial charge on any atom is 0.272 e. The number of ether oxygens (including phenoxy) is 1. The summed E-state index contributed by atoms with van der Waals surface area (Å²) in [6.45, 7) is 7.83. The van der Waals surface area contributed by atoms with Crippen molar-refractivity contribution < 1.29 is 9.53 Å². The molecule has 3 aliphatic heterocycles. The summed E-state index contributed by atoms with van der Waals surface area (Å²) >= 11 is 0. The molecule has 4 rings (SSSR count). The number of hydrogen-bond acceptors (Lipinski definition) is 5. The number of carbonyl (C=O) groups excluding carboxylic acids is 1. The third-order valence-corrected chi connectivity index (χ3v) is 5.77. The van der Waals surface area contributed by atoms with Gasteiger partial charge in [-0.15, -0.1) is 0 Å². The highest BCUT2D eigenvalue weighted by atomic mass is 16.5. The highest BCUT2D eigenvalue weighted by Crippen LogP contribution is 2.49. The smallest absolute Gasteiger partial charge is 0.272 e. The topological polar surface area (TPSA) is 57.2 Å². The summed E-state index contributed by atoms with van der Waals surface area (Å²) in [5, 5.41) is 4.51. The third-order valence-electron chi connectivity index (χ3n) is 5.77. The van der Waals surface area contributed by atoms with Crippen molar-refractivity contribution in [3.63, 3.8) is 0 Å². The Kier molecular flexibility index (Phi) is 3.41. The van der Waals surface area contributed by atoms with Crippen LogP contribution < -0.4 is 5.43 Å². The molecule has 23 heavy (non-hydrogen) atoms. The number of allylic oxidation sites excluding steroid dienone is 2. The van der Waals surface area contributed by atoms with Crippen LogP contribution in [-0.2, 0) is 9.53 Å². The van der Waals surface area contributed by atoms with E-state index in [2.05, 4.69) is 29.3 Å². The van der Waals surface area contributed by atoms with Crippen LogP contribution in [0.1, 0.15) is 52.9 Å². The van der Waals surface area contributed by atoms with E-state index in [1.54, 1.807) is 0 Å². The Balaban J connectivity index is 1.58.